The SMILES string of the molecule is C[Si](C)(C)OC12C(=O)CC(c3ccccc3)C1Oc1c2ncc(Cl)c1-c1ccc(Br)cc1. The third kappa shape index (κ3) is 3.44. The van der Waals surface area contributed by atoms with E-state index in [1.807, 2.05) is 54.6 Å². The Hall–Kier alpha value is -1.99. The van der Waals surface area contributed by atoms with E-state index in [0.717, 1.165) is 21.2 Å². The van der Waals surface area contributed by atoms with Crippen LogP contribution in [0.1, 0.15) is 23.6 Å². The van der Waals surface area contributed by atoms with Crippen molar-refractivity contribution in [3.63, 3.8) is 0 Å². The van der Waals surface area contributed by atoms with E-state index in [-0.39, 0.29) is 11.7 Å². The van der Waals surface area contributed by atoms with Crippen LogP contribution in [0.25, 0.3) is 11.1 Å². The summed E-state index contributed by atoms with van der Waals surface area (Å²) in [7, 11) is -2.16. The summed E-state index contributed by atoms with van der Waals surface area (Å²) >= 11 is 10.1. The lowest BCUT2D eigenvalue weighted by molar-refractivity contribution is -0.135. The summed E-state index contributed by atoms with van der Waals surface area (Å²) in [6, 6.07) is 17.9. The number of Topliss-reactive ketones (excluding diaryl/α,β-unsaturated/α-hetero) is 1. The summed E-state index contributed by atoms with van der Waals surface area (Å²) in [5.74, 6) is 0.456. The van der Waals surface area contributed by atoms with Gasteiger partial charge < -0.3 is 9.16 Å². The maximum atomic E-state index is 13.7. The van der Waals surface area contributed by atoms with Crippen LogP contribution < -0.4 is 4.74 Å². The lowest BCUT2D eigenvalue weighted by atomic mass is 9.90. The highest BCUT2D eigenvalue weighted by molar-refractivity contribution is 9.10. The first-order valence-corrected chi connectivity index (χ1v) is 15.2. The zero-order valence-corrected chi connectivity index (χ0v) is 21.4. The smallest absolute Gasteiger partial charge is 0.199 e. The highest BCUT2D eigenvalue weighted by Crippen LogP contribution is 2.58. The Labute approximate surface area is 202 Å². The number of rotatable bonds is 4. The number of nitrogens with zero attached hydrogens (tertiary/aromatic N) is 1. The summed E-state index contributed by atoms with van der Waals surface area (Å²) < 4.78 is 14.3. The van der Waals surface area contributed by atoms with Gasteiger partial charge in [0.05, 0.1) is 5.02 Å². The second-order valence-electron chi connectivity index (χ2n) is 9.30. The molecule has 0 radical (unpaired) electrons. The van der Waals surface area contributed by atoms with Crippen LogP contribution in [-0.2, 0) is 14.8 Å². The van der Waals surface area contributed by atoms with E-state index in [4.69, 9.17) is 20.8 Å². The van der Waals surface area contributed by atoms with Crippen molar-refractivity contribution in [1.29, 1.82) is 0 Å². The van der Waals surface area contributed by atoms with Crippen molar-refractivity contribution in [3.05, 3.63) is 81.5 Å². The van der Waals surface area contributed by atoms with Crippen molar-refractivity contribution in [3.8, 4) is 16.9 Å². The molecule has 3 aromatic rings. The fourth-order valence-corrected chi connectivity index (χ4v) is 6.64. The van der Waals surface area contributed by atoms with Gasteiger partial charge in [-0.25, -0.2) is 0 Å². The van der Waals surface area contributed by atoms with Gasteiger partial charge in [-0.05, 0) is 42.9 Å². The largest absolute Gasteiger partial charge is 0.483 e. The Kier molecular flexibility index (Phi) is 5.32. The van der Waals surface area contributed by atoms with Crippen molar-refractivity contribution in [2.24, 2.45) is 0 Å². The first-order valence-electron chi connectivity index (χ1n) is 10.6. The minimum absolute atomic E-state index is 0.0223. The number of hydrogen-bond acceptors (Lipinski definition) is 4. The molecule has 2 aromatic carbocycles. The normalized spacial score (nSPS) is 24.2. The van der Waals surface area contributed by atoms with Gasteiger partial charge in [-0.2, -0.15) is 0 Å². The number of pyridine rings is 1. The molecule has 0 bridgehead atoms. The maximum absolute atomic E-state index is 13.7. The van der Waals surface area contributed by atoms with E-state index < -0.39 is 20.0 Å². The summed E-state index contributed by atoms with van der Waals surface area (Å²) in [6.45, 7) is 6.27. The van der Waals surface area contributed by atoms with Crippen LogP contribution in [0.5, 0.6) is 5.75 Å². The van der Waals surface area contributed by atoms with Gasteiger partial charge in [0.25, 0.3) is 0 Å². The standard InChI is InChI=1S/C25H23BrClNO3Si/c1-32(2,3)31-25-20(29)13-18(15-7-5-4-6-8-15)24(25)30-22-21(19(27)14-28-23(22)25)16-9-11-17(26)12-10-16/h4-12,14,18,24H,13H2,1-3H3. The van der Waals surface area contributed by atoms with Gasteiger partial charge >= 0.3 is 0 Å². The van der Waals surface area contributed by atoms with Crippen LogP contribution in [0, 0.1) is 0 Å². The molecule has 0 N–H and O–H groups in total. The molecule has 3 unspecified atom stereocenters. The van der Waals surface area contributed by atoms with Gasteiger partial charge in [-0.1, -0.05) is 70.0 Å². The zero-order chi connectivity index (χ0) is 22.7. The number of ether oxygens (including phenoxy) is 1. The van der Waals surface area contributed by atoms with Crippen molar-refractivity contribution >= 4 is 41.6 Å². The van der Waals surface area contributed by atoms with Crippen molar-refractivity contribution in [1.82, 2.24) is 4.98 Å². The number of aromatic nitrogens is 1. The molecule has 164 valence electrons. The number of ketones is 1. The van der Waals surface area contributed by atoms with Crippen LogP contribution in [0.2, 0.25) is 24.7 Å². The third-order valence-corrected chi connectivity index (χ3v) is 7.75. The van der Waals surface area contributed by atoms with Crippen LogP contribution in [0.4, 0.5) is 0 Å². The Morgan fingerprint density at radius 2 is 1.81 bits per heavy atom. The van der Waals surface area contributed by atoms with E-state index in [9.17, 15) is 4.79 Å². The molecule has 0 amide bonds. The minimum Gasteiger partial charge on any atom is -0.483 e. The summed E-state index contributed by atoms with van der Waals surface area (Å²) in [5, 5.41) is 0.484. The average molecular weight is 529 g/mol. The lowest BCUT2D eigenvalue weighted by Crippen LogP contribution is -2.49. The van der Waals surface area contributed by atoms with E-state index in [2.05, 4.69) is 40.6 Å². The van der Waals surface area contributed by atoms with Crippen molar-refractivity contribution in [2.45, 2.75) is 43.7 Å². The number of carbonyl (C=O) groups excluding carboxylic acids is 1. The van der Waals surface area contributed by atoms with Crippen LogP contribution in [0.3, 0.4) is 0 Å². The molecule has 3 atom stereocenters. The van der Waals surface area contributed by atoms with E-state index in [0.29, 0.717) is 22.9 Å². The summed E-state index contributed by atoms with van der Waals surface area (Å²) in [5.41, 5.74) is 2.06. The number of carbonyl (C=O) groups is 1. The third-order valence-electron chi connectivity index (χ3n) is 6.00. The van der Waals surface area contributed by atoms with Gasteiger partial charge in [0.2, 0.25) is 0 Å². The van der Waals surface area contributed by atoms with Crippen molar-refractivity contribution < 1.29 is 14.0 Å². The fraction of sp³-hybridized carbons (Fsp3) is 0.280. The molecule has 0 saturated heterocycles. The molecule has 1 aliphatic heterocycles. The fourth-order valence-electron chi connectivity index (χ4n) is 4.83. The molecule has 2 heterocycles. The molecule has 1 aliphatic carbocycles. The second kappa shape index (κ2) is 7.80. The molecule has 1 fully saturated rings. The van der Waals surface area contributed by atoms with Gasteiger partial charge in [0, 0.05) is 28.6 Å². The minimum atomic E-state index is -2.16. The molecule has 4 nitrogen and oxygen atoms in total. The molecular formula is C25H23BrClNO3Si. The van der Waals surface area contributed by atoms with Gasteiger partial charge in [0.15, 0.2) is 25.5 Å². The molecular weight excluding hydrogens is 506 g/mol. The van der Waals surface area contributed by atoms with Crippen LogP contribution in [0.15, 0.2) is 65.3 Å². The topological polar surface area (TPSA) is 48.4 Å². The van der Waals surface area contributed by atoms with Crippen LogP contribution >= 0.6 is 27.5 Å². The summed E-state index contributed by atoms with van der Waals surface area (Å²) in [4.78, 5) is 18.4. The van der Waals surface area contributed by atoms with E-state index in [1.54, 1.807) is 6.20 Å². The summed E-state index contributed by atoms with van der Waals surface area (Å²) in [6.07, 6.45) is 1.48. The number of halogens is 2. The predicted molar refractivity (Wildman–Crippen MR) is 132 cm³/mol. The second-order valence-corrected chi connectivity index (χ2v) is 15.1. The Morgan fingerprint density at radius 1 is 1.12 bits per heavy atom. The number of hydrogen-bond donors (Lipinski definition) is 0. The molecule has 2 aliphatic rings. The Morgan fingerprint density at radius 3 is 2.47 bits per heavy atom. The predicted octanol–water partition coefficient (Wildman–Crippen LogP) is 6.73. The number of fused-ring (bicyclic) bond motifs is 3. The molecule has 32 heavy (non-hydrogen) atoms. The van der Waals surface area contributed by atoms with Gasteiger partial charge in [-0.15, -0.1) is 0 Å². The molecule has 5 rings (SSSR count). The Bertz CT molecular complexity index is 1200. The van der Waals surface area contributed by atoms with Crippen LogP contribution in [-0.4, -0.2) is 25.2 Å². The quantitative estimate of drug-likeness (QED) is 0.352. The number of benzene rings is 2. The van der Waals surface area contributed by atoms with Crippen molar-refractivity contribution in [2.75, 3.05) is 0 Å². The van der Waals surface area contributed by atoms with E-state index in [1.165, 1.54) is 0 Å². The maximum Gasteiger partial charge on any atom is 0.199 e. The first kappa shape index (κ1) is 21.8. The molecule has 7 heteroatoms. The molecule has 1 aromatic heterocycles. The van der Waals surface area contributed by atoms with Gasteiger partial charge in [-0.3, -0.25) is 9.78 Å². The first-order chi connectivity index (χ1) is 15.2. The zero-order valence-electron chi connectivity index (χ0n) is 18.1. The molecule has 0 spiro atoms. The highest BCUT2D eigenvalue weighted by Gasteiger charge is 2.66. The average Bonchev–Trinajstić information content (AvgIpc) is 3.19. The highest BCUT2D eigenvalue weighted by atomic mass is 79.9. The monoisotopic (exact) mass is 527 g/mol. The Balaban J connectivity index is 1.73. The molecule has 1 saturated carbocycles. The van der Waals surface area contributed by atoms with E-state index >= 15 is 0 Å². The van der Waals surface area contributed by atoms with Gasteiger partial charge in [0.1, 0.15) is 11.8 Å². The lowest BCUT2D eigenvalue weighted by Gasteiger charge is -2.34.